The number of aromatic nitrogens is 1. The normalized spacial score (nSPS) is 19.1. The number of aryl methyl sites for hydroxylation is 1. The summed E-state index contributed by atoms with van der Waals surface area (Å²) in [5, 5.41) is 2.94. The lowest BCUT2D eigenvalue weighted by Gasteiger charge is -2.22. The molecule has 2 atom stereocenters. The van der Waals surface area contributed by atoms with Gasteiger partial charge in [-0.15, -0.1) is 0 Å². The maximum Gasteiger partial charge on any atom is 0.255 e. The van der Waals surface area contributed by atoms with Crippen molar-refractivity contribution in [1.82, 2.24) is 4.57 Å². The lowest BCUT2D eigenvalue weighted by Crippen LogP contribution is -3.09. The predicted molar refractivity (Wildman–Crippen MR) is 108 cm³/mol. The Labute approximate surface area is 160 Å². The summed E-state index contributed by atoms with van der Waals surface area (Å²) >= 11 is 0. The molecule has 0 aliphatic carbocycles. The summed E-state index contributed by atoms with van der Waals surface area (Å²) in [6.45, 7) is 2.20. The van der Waals surface area contributed by atoms with Gasteiger partial charge in [-0.1, -0.05) is 30.3 Å². The Morgan fingerprint density at radius 2 is 1.85 bits per heavy atom. The number of carbonyl (C=O) groups is 1. The first-order valence-corrected chi connectivity index (χ1v) is 9.62. The fourth-order valence-corrected chi connectivity index (χ4v) is 4.08. The SMILES string of the molecule is Cn1cccc1[C@@H]1CCC[NH+]1Cc1ccc(C(=O)Nc2ccccc2)cc1. The van der Waals surface area contributed by atoms with Gasteiger partial charge in [0, 0.05) is 42.9 Å². The van der Waals surface area contributed by atoms with Gasteiger partial charge in [0.25, 0.3) is 5.91 Å². The smallest absolute Gasteiger partial charge is 0.255 e. The molecule has 0 spiro atoms. The molecule has 4 heteroatoms. The van der Waals surface area contributed by atoms with E-state index in [9.17, 15) is 4.79 Å². The Kier molecular flexibility index (Phi) is 5.07. The molecule has 4 rings (SSSR count). The molecule has 2 N–H and O–H groups in total. The molecule has 4 nitrogen and oxygen atoms in total. The molecule has 0 bridgehead atoms. The summed E-state index contributed by atoms with van der Waals surface area (Å²) in [4.78, 5) is 14.0. The van der Waals surface area contributed by atoms with Gasteiger partial charge in [-0.3, -0.25) is 4.79 Å². The van der Waals surface area contributed by atoms with Crippen molar-refractivity contribution < 1.29 is 9.69 Å². The van der Waals surface area contributed by atoms with Gasteiger partial charge in [0.15, 0.2) is 0 Å². The molecule has 27 heavy (non-hydrogen) atoms. The first-order chi connectivity index (χ1) is 13.2. The van der Waals surface area contributed by atoms with Crippen LogP contribution in [0.15, 0.2) is 72.9 Å². The van der Waals surface area contributed by atoms with E-state index in [1.165, 1.54) is 30.6 Å². The number of quaternary nitrogens is 1. The lowest BCUT2D eigenvalue weighted by molar-refractivity contribution is -0.932. The zero-order valence-corrected chi connectivity index (χ0v) is 15.7. The highest BCUT2D eigenvalue weighted by Crippen LogP contribution is 2.20. The van der Waals surface area contributed by atoms with Crippen LogP contribution in [-0.4, -0.2) is 17.0 Å². The van der Waals surface area contributed by atoms with E-state index in [4.69, 9.17) is 0 Å². The lowest BCUT2D eigenvalue weighted by atomic mass is 10.1. The number of benzene rings is 2. The average molecular weight is 360 g/mol. The highest BCUT2D eigenvalue weighted by Gasteiger charge is 2.31. The van der Waals surface area contributed by atoms with Crippen LogP contribution >= 0.6 is 0 Å². The minimum atomic E-state index is -0.0667. The Morgan fingerprint density at radius 1 is 1.07 bits per heavy atom. The van der Waals surface area contributed by atoms with Crippen LogP contribution in [-0.2, 0) is 13.6 Å². The summed E-state index contributed by atoms with van der Waals surface area (Å²) in [6.07, 6.45) is 4.64. The molecule has 0 radical (unpaired) electrons. The van der Waals surface area contributed by atoms with Gasteiger partial charge >= 0.3 is 0 Å². The van der Waals surface area contributed by atoms with Gasteiger partial charge in [-0.25, -0.2) is 0 Å². The molecule has 1 fully saturated rings. The number of hydrogen-bond acceptors (Lipinski definition) is 1. The van der Waals surface area contributed by atoms with Crippen molar-refractivity contribution in [3.05, 3.63) is 89.7 Å². The van der Waals surface area contributed by atoms with Crippen LogP contribution in [0.3, 0.4) is 0 Å². The molecule has 3 aromatic rings. The van der Waals surface area contributed by atoms with E-state index in [-0.39, 0.29) is 5.91 Å². The molecule has 0 saturated carbocycles. The van der Waals surface area contributed by atoms with Gasteiger partial charge in [0.1, 0.15) is 12.6 Å². The molecule has 138 valence electrons. The van der Waals surface area contributed by atoms with Crippen molar-refractivity contribution in [3.63, 3.8) is 0 Å². The Balaban J connectivity index is 1.42. The summed E-state index contributed by atoms with van der Waals surface area (Å²) in [7, 11) is 2.13. The van der Waals surface area contributed by atoms with Crippen molar-refractivity contribution >= 4 is 11.6 Å². The second kappa shape index (κ2) is 7.80. The molecule has 1 saturated heterocycles. The summed E-state index contributed by atoms with van der Waals surface area (Å²) in [6, 6.07) is 22.5. The number of nitrogens with zero attached hydrogens (tertiary/aromatic N) is 1. The Morgan fingerprint density at radius 3 is 2.56 bits per heavy atom. The minimum absolute atomic E-state index is 0.0667. The van der Waals surface area contributed by atoms with E-state index in [0.717, 1.165) is 12.2 Å². The molecule has 1 amide bonds. The maximum atomic E-state index is 12.4. The van der Waals surface area contributed by atoms with E-state index in [2.05, 4.69) is 47.4 Å². The molecular weight excluding hydrogens is 334 g/mol. The van der Waals surface area contributed by atoms with E-state index in [1.54, 1.807) is 4.90 Å². The van der Waals surface area contributed by atoms with Crippen LogP contribution in [0.4, 0.5) is 5.69 Å². The fraction of sp³-hybridized carbons (Fsp3) is 0.261. The number of rotatable bonds is 5. The standard InChI is InChI=1S/C23H25N3O/c1-25-15-5-9-21(25)22-10-6-16-26(22)17-18-11-13-19(14-12-18)23(27)24-20-7-3-2-4-8-20/h2-5,7-9,11-15,22H,6,10,16-17H2,1H3,(H,24,27)/p+1/t22-/m0/s1. The number of nitrogens with one attached hydrogen (secondary N) is 2. The first-order valence-electron chi connectivity index (χ1n) is 9.62. The van der Waals surface area contributed by atoms with Gasteiger partial charge in [-0.05, 0) is 36.4 Å². The first kappa shape index (κ1) is 17.6. The van der Waals surface area contributed by atoms with Crippen LogP contribution in [0.2, 0.25) is 0 Å². The predicted octanol–water partition coefficient (Wildman–Crippen LogP) is 3.20. The zero-order valence-electron chi connectivity index (χ0n) is 15.7. The van der Waals surface area contributed by atoms with Crippen molar-refractivity contribution in [2.45, 2.75) is 25.4 Å². The molecular formula is C23H26N3O+. The topological polar surface area (TPSA) is 38.5 Å². The second-order valence-electron chi connectivity index (χ2n) is 7.34. The van der Waals surface area contributed by atoms with Crippen LogP contribution in [0.1, 0.15) is 40.5 Å². The van der Waals surface area contributed by atoms with E-state index < -0.39 is 0 Å². The summed E-state index contributed by atoms with van der Waals surface area (Å²) in [5.74, 6) is -0.0667. The van der Waals surface area contributed by atoms with Gasteiger partial charge < -0.3 is 14.8 Å². The largest absolute Gasteiger partial charge is 0.350 e. The van der Waals surface area contributed by atoms with Gasteiger partial charge in [0.05, 0.1) is 12.2 Å². The van der Waals surface area contributed by atoms with E-state index >= 15 is 0 Å². The van der Waals surface area contributed by atoms with Crippen LogP contribution < -0.4 is 10.2 Å². The Hall–Kier alpha value is -2.85. The molecule has 1 aliphatic heterocycles. The summed E-state index contributed by atoms with van der Waals surface area (Å²) < 4.78 is 2.24. The maximum absolute atomic E-state index is 12.4. The molecule has 2 aromatic carbocycles. The third-order valence-electron chi connectivity index (χ3n) is 5.50. The number of anilines is 1. The van der Waals surface area contributed by atoms with Crippen LogP contribution in [0, 0.1) is 0 Å². The van der Waals surface area contributed by atoms with Crippen molar-refractivity contribution in [2.75, 3.05) is 11.9 Å². The number of carbonyl (C=O) groups excluding carboxylic acids is 1. The van der Waals surface area contributed by atoms with Gasteiger partial charge in [0.2, 0.25) is 0 Å². The number of likely N-dealkylation sites (tertiary alicyclic amines) is 1. The van der Waals surface area contributed by atoms with Crippen molar-refractivity contribution in [2.24, 2.45) is 7.05 Å². The molecule has 2 heterocycles. The van der Waals surface area contributed by atoms with Crippen molar-refractivity contribution in [1.29, 1.82) is 0 Å². The number of amides is 1. The van der Waals surface area contributed by atoms with Gasteiger partial charge in [-0.2, -0.15) is 0 Å². The van der Waals surface area contributed by atoms with E-state index in [1.807, 2.05) is 42.5 Å². The zero-order chi connectivity index (χ0) is 18.6. The quantitative estimate of drug-likeness (QED) is 0.721. The third-order valence-corrected chi connectivity index (χ3v) is 5.50. The molecule has 1 aromatic heterocycles. The third kappa shape index (κ3) is 3.96. The highest BCUT2D eigenvalue weighted by molar-refractivity contribution is 6.04. The number of hydrogen-bond donors (Lipinski definition) is 2. The van der Waals surface area contributed by atoms with E-state index in [0.29, 0.717) is 11.6 Å². The average Bonchev–Trinajstić information content (AvgIpc) is 3.31. The number of para-hydroxylation sites is 1. The summed E-state index contributed by atoms with van der Waals surface area (Å²) in [5.41, 5.74) is 4.21. The molecule has 1 unspecified atom stereocenters. The van der Waals surface area contributed by atoms with Crippen molar-refractivity contribution in [3.8, 4) is 0 Å². The minimum Gasteiger partial charge on any atom is -0.350 e. The van der Waals surface area contributed by atoms with Crippen LogP contribution in [0.5, 0.6) is 0 Å². The molecule has 1 aliphatic rings. The van der Waals surface area contributed by atoms with Crippen LogP contribution in [0.25, 0.3) is 0 Å². The monoisotopic (exact) mass is 360 g/mol. The highest BCUT2D eigenvalue weighted by atomic mass is 16.1. The Bertz CT molecular complexity index is 899. The second-order valence-corrected chi connectivity index (χ2v) is 7.34. The fourth-order valence-electron chi connectivity index (χ4n) is 4.08.